The summed E-state index contributed by atoms with van der Waals surface area (Å²) in [6.45, 7) is 11.6. The van der Waals surface area contributed by atoms with Gasteiger partial charge in [0.2, 0.25) is 0 Å². The molecule has 0 amide bonds. The molecule has 5 nitrogen and oxygen atoms in total. The molecule has 0 saturated heterocycles. The zero-order chi connectivity index (χ0) is 15.3. The van der Waals surface area contributed by atoms with Crippen LogP contribution in [0.2, 0.25) is 0 Å². The predicted molar refractivity (Wildman–Crippen MR) is 82.5 cm³/mol. The van der Waals surface area contributed by atoms with Gasteiger partial charge in [0.1, 0.15) is 5.69 Å². The number of hydrogen-bond donors (Lipinski definition) is 1. The van der Waals surface area contributed by atoms with E-state index in [1.807, 2.05) is 0 Å². The summed E-state index contributed by atoms with van der Waals surface area (Å²) in [5.74, 6) is 1.17. The van der Waals surface area contributed by atoms with Crippen LogP contribution >= 0.6 is 0 Å². The number of benzene rings is 1. The molecule has 0 spiro atoms. The number of hydrogen-bond acceptors (Lipinski definition) is 4. The minimum atomic E-state index is -0.445. The van der Waals surface area contributed by atoms with E-state index in [1.165, 1.54) is 6.07 Å². The van der Waals surface area contributed by atoms with E-state index >= 15 is 0 Å². The molecule has 0 aromatic heterocycles. The van der Waals surface area contributed by atoms with Crippen LogP contribution in [0.15, 0.2) is 18.2 Å². The zero-order valence-electron chi connectivity index (χ0n) is 12.8. The number of nitro benzene ring substituents is 1. The molecular formula is C15H25N3O2. The van der Waals surface area contributed by atoms with E-state index in [2.05, 4.69) is 32.6 Å². The van der Waals surface area contributed by atoms with Crippen molar-refractivity contribution in [1.82, 2.24) is 4.90 Å². The smallest absolute Gasteiger partial charge is 0.292 e. The summed E-state index contributed by atoms with van der Waals surface area (Å²) >= 11 is 0. The fourth-order valence-corrected chi connectivity index (χ4v) is 2.36. The normalized spacial score (nSPS) is 11.6. The highest BCUT2D eigenvalue weighted by molar-refractivity contribution is 5.59. The van der Waals surface area contributed by atoms with E-state index in [-0.39, 0.29) is 11.4 Å². The lowest BCUT2D eigenvalue weighted by atomic mass is 10.1. The molecule has 0 aliphatic heterocycles. The van der Waals surface area contributed by atoms with Crippen LogP contribution in [-0.4, -0.2) is 22.9 Å². The van der Waals surface area contributed by atoms with Crippen LogP contribution in [0.25, 0.3) is 0 Å². The Morgan fingerprint density at radius 3 is 2.15 bits per heavy atom. The highest BCUT2D eigenvalue weighted by Crippen LogP contribution is 2.23. The number of nitro groups is 1. The number of anilines is 1. The standard InChI is InChI=1S/C15H25N3O2/c1-11(2)8-17(9-12(3)4)10-13-5-6-15(18(19)20)14(16)7-13/h5-7,11-12H,8-10,16H2,1-4H3. The maximum Gasteiger partial charge on any atom is 0.292 e. The molecule has 112 valence electrons. The molecule has 0 aliphatic rings. The first kappa shape index (κ1) is 16.4. The highest BCUT2D eigenvalue weighted by Gasteiger charge is 2.14. The Morgan fingerprint density at radius 1 is 1.20 bits per heavy atom. The SMILES string of the molecule is CC(C)CN(Cc1ccc([N+](=O)[O-])c(N)c1)CC(C)C. The van der Waals surface area contributed by atoms with Crippen LogP contribution in [-0.2, 0) is 6.54 Å². The van der Waals surface area contributed by atoms with E-state index in [9.17, 15) is 10.1 Å². The molecular weight excluding hydrogens is 254 g/mol. The van der Waals surface area contributed by atoms with Gasteiger partial charge in [-0.1, -0.05) is 33.8 Å². The molecule has 0 aliphatic carbocycles. The van der Waals surface area contributed by atoms with Crippen LogP contribution in [0.3, 0.4) is 0 Å². The Bertz CT molecular complexity index is 448. The van der Waals surface area contributed by atoms with Gasteiger partial charge in [-0.25, -0.2) is 0 Å². The van der Waals surface area contributed by atoms with Crippen LogP contribution in [0.1, 0.15) is 33.3 Å². The van der Waals surface area contributed by atoms with E-state index < -0.39 is 4.92 Å². The van der Waals surface area contributed by atoms with Crippen LogP contribution in [0.4, 0.5) is 11.4 Å². The third-order valence-electron chi connectivity index (χ3n) is 2.94. The lowest BCUT2D eigenvalue weighted by Gasteiger charge is -2.26. The number of rotatable bonds is 7. The minimum absolute atomic E-state index is 0.0204. The molecule has 0 heterocycles. The number of nitrogen functional groups attached to an aromatic ring is 1. The third-order valence-corrected chi connectivity index (χ3v) is 2.94. The molecule has 2 N–H and O–H groups in total. The molecule has 20 heavy (non-hydrogen) atoms. The van der Waals surface area contributed by atoms with E-state index in [4.69, 9.17) is 5.73 Å². The van der Waals surface area contributed by atoms with E-state index in [0.717, 1.165) is 25.2 Å². The quantitative estimate of drug-likeness (QED) is 0.472. The van der Waals surface area contributed by atoms with Gasteiger partial charge in [0.15, 0.2) is 0 Å². The summed E-state index contributed by atoms with van der Waals surface area (Å²) < 4.78 is 0. The van der Waals surface area contributed by atoms with Crippen LogP contribution in [0.5, 0.6) is 0 Å². The van der Waals surface area contributed by atoms with Crippen molar-refractivity contribution < 1.29 is 4.92 Å². The van der Waals surface area contributed by atoms with Crippen molar-refractivity contribution >= 4 is 11.4 Å². The summed E-state index contributed by atoms with van der Waals surface area (Å²) in [7, 11) is 0. The molecule has 0 radical (unpaired) electrons. The second-order valence-corrected chi connectivity index (χ2v) is 6.13. The maximum absolute atomic E-state index is 10.8. The summed E-state index contributed by atoms with van der Waals surface area (Å²) in [6, 6.07) is 5.00. The number of nitrogens with two attached hydrogens (primary N) is 1. The minimum Gasteiger partial charge on any atom is -0.393 e. The van der Waals surface area contributed by atoms with Crippen LogP contribution < -0.4 is 5.73 Å². The van der Waals surface area contributed by atoms with Gasteiger partial charge >= 0.3 is 0 Å². The molecule has 0 saturated carbocycles. The van der Waals surface area contributed by atoms with Crippen LogP contribution in [0, 0.1) is 22.0 Å². The average molecular weight is 279 g/mol. The molecule has 1 rings (SSSR count). The Morgan fingerprint density at radius 2 is 1.75 bits per heavy atom. The Labute approximate surface area is 120 Å². The predicted octanol–water partition coefficient (Wildman–Crippen LogP) is 3.29. The maximum atomic E-state index is 10.8. The van der Waals surface area contributed by atoms with Crippen molar-refractivity contribution in [2.45, 2.75) is 34.2 Å². The van der Waals surface area contributed by atoms with Gasteiger partial charge in [-0.2, -0.15) is 0 Å². The lowest BCUT2D eigenvalue weighted by Crippen LogP contribution is -2.30. The molecule has 0 atom stereocenters. The summed E-state index contributed by atoms with van der Waals surface area (Å²) in [5.41, 5.74) is 6.98. The molecule has 0 fully saturated rings. The van der Waals surface area contributed by atoms with Crippen molar-refractivity contribution in [3.8, 4) is 0 Å². The van der Waals surface area contributed by atoms with Crippen molar-refractivity contribution in [3.63, 3.8) is 0 Å². The van der Waals surface area contributed by atoms with Gasteiger partial charge in [0, 0.05) is 25.7 Å². The summed E-state index contributed by atoms with van der Waals surface area (Å²) in [6.07, 6.45) is 0. The Kier molecular flexibility index (Phi) is 5.95. The van der Waals surface area contributed by atoms with E-state index in [0.29, 0.717) is 11.8 Å². The first-order valence-electron chi connectivity index (χ1n) is 7.04. The van der Waals surface area contributed by atoms with Gasteiger partial charge in [-0.3, -0.25) is 15.0 Å². The largest absolute Gasteiger partial charge is 0.393 e. The zero-order valence-corrected chi connectivity index (χ0v) is 12.8. The van der Waals surface area contributed by atoms with Crippen molar-refractivity contribution in [1.29, 1.82) is 0 Å². The molecule has 0 bridgehead atoms. The second-order valence-electron chi connectivity index (χ2n) is 6.13. The van der Waals surface area contributed by atoms with Gasteiger partial charge in [0.05, 0.1) is 4.92 Å². The highest BCUT2D eigenvalue weighted by atomic mass is 16.6. The van der Waals surface area contributed by atoms with Gasteiger partial charge in [-0.15, -0.1) is 0 Å². The first-order valence-corrected chi connectivity index (χ1v) is 7.04. The van der Waals surface area contributed by atoms with Crippen molar-refractivity contribution in [3.05, 3.63) is 33.9 Å². The average Bonchev–Trinajstić information content (AvgIpc) is 2.26. The first-order chi connectivity index (χ1) is 9.29. The Balaban J connectivity index is 2.82. The van der Waals surface area contributed by atoms with Crippen molar-refractivity contribution in [2.24, 2.45) is 11.8 Å². The molecule has 0 unspecified atom stereocenters. The van der Waals surface area contributed by atoms with Gasteiger partial charge in [0.25, 0.3) is 5.69 Å². The number of nitrogens with zero attached hydrogens (tertiary/aromatic N) is 2. The topological polar surface area (TPSA) is 72.4 Å². The second kappa shape index (κ2) is 7.24. The fourth-order valence-electron chi connectivity index (χ4n) is 2.36. The lowest BCUT2D eigenvalue weighted by molar-refractivity contribution is -0.383. The molecule has 1 aromatic rings. The van der Waals surface area contributed by atoms with Gasteiger partial charge in [-0.05, 0) is 23.5 Å². The van der Waals surface area contributed by atoms with E-state index in [1.54, 1.807) is 12.1 Å². The molecule has 1 aromatic carbocycles. The molecule has 5 heteroatoms. The fraction of sp³-hybridized carbons (Fsp3) is 0.600. The Hall–Kier alpha value is -1.62. The summed E-state index contributed by atoms with van der Waals surface area (Å²) in [4.78, 5) is 12.7. The summed E-state index contributed by atoms with van der Waals surface area (Å²) in [5, 5.41) is 10.8. The van der Waals surface area contributed by atoms with Gasteiger partial charge < -0.3 is 5.73 Å². The monoisotopic (exact) mass is 279 g/mol. The third kappa shape index (κ3) is 5.17. The van der Waals surface area contributed by atoms with Crippen molar-refractivity contribution in [2.75, 3.05) is 18.8 Å².